The van der Waals surface area contributed by atoms with Crippen molar-refractivity contribution in [3.8, 4) is 11.5 Å². The van der Waals surface area contributed by atoms with Crippen LogP contribution in [0.25, 0.3) is 11.1 Å². The molecule has 1 fully saturated rings. The van der Waals surface area contributed by atoms with Crippen molar-refractivity contribution in [2.75, 3.05) is 20.2 Å². The minimum Gasteiger partial charge on any atom is -0.504 e. The molecule has 6 nitrogen and oxygen atoms in total. The molecular weight excluding hydrogens is 332 g/mol. The zero-order valence-electron chi connectivity index (χ0n) is 14.7. The van der Waals surface area contributed by atoms with Crippen LogP contribution in [0.15, 0.2) is 51.7 Å². The lowest BCUT2D eigenvalue weighted by Crippen LogP contribution is -2.38. The van der Waals surface area contributed by atoms with Crippen molar-refractivity contribution >= 4 is 11.1 Å². The molecule has 6 heteroatoms. The standard InChI is InChI=1S/C20H22N2O4/c1-25-19-11-14(8-9-17(19)23)12-21-10-4-5-15(13-21)22-16-6-2-3-7-18(16)26-20(22)24/h2-3,6-9,11,15,23H,4-5,10,12-13H2,1H3/t15-/m1/s1. The molecule has 136 valence electrons. The quantitative estimate of drug-likeness (QED) is 0.780. The van der Waals surface area contributed by atoms with Crippen LogP contribution in [0.5, 0.6) is 11.5 Å². The molecule has 2 aromatic carbocycles. The number of hydrogen-bond acceptors (Lipinski definition) is 5. The lowest BCUT2D eigenvalue weighted by Gasteiger charge is -2.33. The van der Waals surface area contributed by atoms with Gasteiger partial charge in [0.25, 0.3) is 0 Å². The molecule has 1 N–H and O–H groups in total. The van der Waals surface area contributed by atoms with Gasteiger partial charge in [-0.3, -0.25) is 9.47 Å². The summed E-state index contributed by atoms with van der Waals surface area (Å²) in [5.41, 5.74) is 2.57. The summed E-state index contributed by atoms with van der Waals surface area (Å²) < 4.78 is 12.4. The number of ether oxygens (including phenoxy) is 1. The minimum absolute atomic E-state index is 0.0962. The van der Waals surface area contributed by atoms with E-state index in [1.165, 1.54) is 0 Å². The van der Waals surface area contributed by atoms with Crippen LogP contribution in [0.3, 0.4) is 0 Å². The molecule has 1 atom stereocenters. The summed E-state index contributed by atoms with van der Waals surface area (Å²) in [5, 5.41) is 9.75. The van der Waals surface area contributed by atoms with E-state index in [-0.39, 0.29) is 17.5 Å². The number of phenols is 1. The third-order valence-electron chi connectivity index (χ3n) is 5.01. The monoisotopic (exact) mass is 354 g/mol. The molecule has 0 unspecified atom stereocenters. The molecule has 0 bridgehead atoms. The molecule has 0 radical (unpaired) electrons. The number of phenolic OH excluding ortho intramolecular Hbond substituents is 1. The smallest absolute Gasteiger partial charge is 0.420 e. The molecule has 1 aromatic heterocycles. The van der Waals surface area contributed by atoms with E-state index >= 15 is 0 Å². The number of hydrogen-bond donors (Lipinski definition) is 1. The van der Waals surface area contributed by atoms with Gasteiger partial charge in [0.15, 0.2) is 17.1 Å². The van der Waals surface area contributed by atoms with Crippen molar-refractivity contribution in [1.82, 2.24) is 9.47 Å². The van der Waals surface area contributed by atoms with Crippen LogP contribution in [0.4, 0.5) is 0 Å². The van der Waals surface area contributed by atoms with Crippen LogP contribution in [-0.4, -0.2) is 34.8 Å². The van der Waals surface area contributed by atoms with Gasteiger partial charge in [0, 0.05) is 13.1 Å². The normalized spacial score (nSPS) is 18.3. The fourth-order valence-corrected chi connectivity index (χ4v) is 3.79. The molecule has 2 heterocycles. The summed E-state index contributed by atoms with van der Waals surface area (Å²) in [7, 11) is 1.55. The van der Waals surface area contributed by atoms with E-state index in [0.717, 1.165) is 43.6 Å². The molecule has 0 spiro atoms. The fraction of sp³-hybridized carbons (Fsp3) is 0.350. The lowest BCUT2D eigenvalue weighted by atomic mass is 10.0. The molecule has 0 aliphatic carbocycles. The number of methoxy groups -OCH3 is 1. The second-order valence-electron chi connectivity index (χ2n) is 6.74. The highest BCUT2D eigenvalue weighted by molar-refractivity contribution is 5.72. The molecule has 0 amide bonds. The van der Waals surface area contributed by atoms with E-state index in [1.54, 1.807) is 17.7 Å². The van der Waals surface area contributed by atoms with E-state index in [9.17, 15) is 9.90 Å². The SMILES string of the molecule is COc1cc(CN2CCC[C@@H](n3c(=O)oc4ccccc43)C2)ccc1O. The van der Waals surface area contributed by atoms with Crippen molar-refractivity contribution in [2.45, 2.75) is 25.4 Å². The first kappa shape index (κ1) is 16.7. The highest BCUT2D eigenvalue weighted by Crippen LogP contribution is 2.29. The maximum atomic E-state index is 12.4. The number of rotatable bonds is 4. The van der Waals surface area contributed by atoms with Gasteiger partial charge in [-0.15, -0.1) is 0 Å². The number of piperidine rings is 1. The van der Waals surface area contributed by atoms with E-state index in [0.29, 0.717) is 11.3 Å². The molecule has 1 saturated heterocycles. The van der Waals surface area contributed by atoms with Gasteiger partial charge in [-0.25, -0.2) is 4.79 Å². The van der Waals surface area contributed by atoms with Gasteiger partial charge >= 0.3 is 5.76 Å². The van der Waals surface area contributed by atoms with Crippen molar-refractivity contribution < 1.29 is 14.3 Å². The fourth-order valence-electron chi connectivity index (χ4n) is 3.79. The van der Waals surface area contributed by atoms with Crippen molar-refractivity contribution in [1.29, 1.82) is 0 Å². The van der Waals surface area contributed by atoms with Crippen molar-refractivity contribution in [3.05, 3.63) is 58.6 Å². The Bertz CT molecular complexity index is 975. The van der Waals surface area contributed by atoms with Crippen LogP contribution >= 0.6 is 0 Å². The summed E-state index contributed by atoms with van der Waals surface area (Å²) in [6.45, 7) is 2.51. The highest BCUT2D eigenvalue weighted by atomic mass is 16.5. The number of fused-ring (bicyclic) bond motifs is 1. The molecule has 1 aliphatic heterocycles. The van der Waals surface area contributed by atoms with Gasteiger partial charge < -0.3 is 14.3 Å². The predicted molar refractivity (Wildman–Crippen MR) is 98.7 cm³/mol. The maximum absolute atomic E-state index is 12.4. The van der Waals surface area contributed by atoms with E-state index in [1.807, 2.05) is 36.4 Å². The van der Waals surface area contributed by atoms with Crippen LogP contribution in [0, 0.1) is 0 Å². The largest absolute Gasteiger partial charge is 0.504 e. The number of para-hydroxylation sites is 2. The van der Waals surface area contributed by atoms with Gasteiger partial charge in [0.2, 0.25) is 0 Å². The third kappa shape index (κ3) is 3.08. The average Bonchev–Trinajstić information content (AvgIpc) is 2.99. The summed E-state index contributed by atoms with van der Waals surface area (Å²) >= 11 is 0. The van der Waals surface area contributed by atoms with Crippen molar-refractivity contribution in [3.63, 3.8) is 0 Å². The third-order valence-corrected chi connectivity index (χ3v) is 5.01. The van der Waals surface area contributed by atoms with Crippen LogP contribution in [0.2, 0.25) is 0 Å². The Morgan fingerprint density at radius 2 is 2.12 bits per heavy atom. The predicted octanol–water partition coefficient (Wildman–Crippen LogP) is 3.15. The minimum atomic E-state index is -0.288. The summed E-state index contributed by atoms with van der Waals surface area (Å²) in [6, 6.07) is 13.1. The Labute approximate surface area is 151 Å². The maximum Gasteiger partial charge on any atom is 0.420 e. The van der Waals surface area contributed by atoms with E-state index in [2.05, 4.69) is 4.90 Å². The molecule has 0 saturated carbocycles. The highest BCUT2D eigenvalue weighted by Gasteiger charge is 2.25. The Balaban J connectivity index is 1.56. The average molecular weight is 354 g/mol. The zero-order chi connectivity index (χ0) is 18.1. The first-order valence-corrected chi connectivity index (χ1v) is 8.84. The van der Waals surface area contributed by atoms with E-state index in [4.69, 9.17) is 9.15 Å². The first-order valence-electron chi connectivity index (χ1n) is 8.84. The van der Waals surface area contributed by atoms with Crippen LogP contribution in [-0.2, 0) is 6.54 Å². The lowest BCUT2D eigenvalue weighted by molar-refractivity contribution is 0.167. The van der Waals surface area contributed by atoms with E-state index < -0.39 is 0 Å². The summed E-state index contributed by atoms with van der Waals surface area (Å²) in [6.07, 6.45) is 1.98. The number of aromatic nitrogens is 1. The Kier molecular flexibility index (Phi) is 4.42. The zero-order valence-corrected chi connectivity index (χ0v) is 14.7. The van der Waals surface area contributed by atoms with Gasteiger partial charge in [-0.1, -0.05) is 18.2 Å². The number of nitrogens with zero attached hydrogens (tertiary/aromatic N) is 2. The van der Waals surface area contributed by atoms with Gasteiger partial charge in [-0.2, -0.15) is 0 Å². The molecule has 3 aromatic rings. The number of aromatic hydroxyl groups is 1. The number of likely N-dealkylation sites (tertiary alicyclic amines) is 1. The Morgan fingerprint density at radius 1 is 1.27 bits per heavy atom. The van der Waals surface area contributed by atoms with Crippen molar-refractivity contribution in [2.24, 2.45) is 0 Å². The molecule has 4 rings (SSSR count). The Morgan fingerprint density at radius 3 is 2.96 bits per heavy atom. The summed E-state index contributed by atoms with van der Waals surface area (Å²) in [5.74, 6) is 0.335. The second-order valence-corrected chi connectivity index (χ2v) is 6.74. The topological polar surface area (TPSA) is 67.8 Å². The molecule has 1 aliphatic rings. The van der Waals surface area contributed by atoms with Crippen LogP contribution < -0.4 is 10.5 Å². The molecular formula is C20H22N2O4. The van der Waals surface area contributed by atoms with Gasteiger partial charge in [0.05, 0.1) is 18.7 Å². The Hall–Kier alpha value is -2.73. The first-order chi connectivity index (χ1) is 12.7. The molecule has 26 heavy (non-hydrogen) atoms. The number of oxazole rings is 1. The van der Waals surface area contributed by atoms with Crippen LogP contribution in [0.1, 0.15) is 24.4 Å². The number of benzene rings is 2. The second kappa shape index (κ2) is 6.88. The van der Waals surface area contributed by atoms with Gasteiger partial charge in [0.1, 0.15) is 0 Å². The van der Waals surface area contributed by atoms with Gasteiger partial charge in [-0.05, 0) is 49.2 Å². The summed E-state index contributed by atoms with van der Waals surface area (Å²) in [4.78, 5) is 14.7.